The highest BCUT2D eigenvalue weighted by molar-refractivity contribution is 6.33. The number of hydrogen-bond donors (Lipinski definition) is 2. The molecule has 1 amide bonds. The molecule has 1 atom stereocenters. The van der Waals surface area contributed by atoms with Gasteiger partial charge in [0.15, 0.2) is 6.54 Å². The number of amides is 1. The number of carbonyl (C=O) groups is 1. The molecule has 0 fully saturated rings. The molecule has 0 spiro atoms. The van der Waals surface area contributed by atoms with E-state index in [1.54, 1.807) is 12.2 Å². The summed E-state index contributed by atoms with van der Waals surface area (Å²) in [6, 6.07) is 6.56. The van der Waals surface area contributed by atoms with Crippen molar-refractivity contribution >= 4 is 28.9 Å². The van der Waals surface area contributed by atoms with E-state index in [1.165, 1.54) is 18.2 Å². The first-order chi connectivity index (χ1) is 11.8. The van der Waals surface area contributed by atoms with Crippen LogP contribution >= 0.6 is 11.6 Å². The molecule has 0 heterocycles. The number of halogens is 3. The highest BCUT2D eigenvalue weighted by Gasteiger charge is 2.17. The molecule has 0 aliphatic rings. The summed E-state index contributed by atoms with van der Waals surface area (Å²) >= 11 is 5.90. The number of carbonyl (C=O) groups excluding carboxylic acids is 1. The number of non-ortho nitro benzene ring substituents is 1. The largest absolute Gasteiger partial charge is 0.332 e. The molecule has 132 valence electrons. The van der Waals surface area contributed by atoms with Crippen molar-refractivity contribution in [3.8, 4) is 0 Å². The predicted molar refractivity (Wildman–Crippen MR) is 88.3 cm³/mol. The molecule has 0 radical (unpaired) electrons. The number of quaternary nitrogens is 1. The summed E-state index contributed by atoms with van der Waals surface area (Å²) in [4.78, 5) is 22.0. The summed E-state index contributed by atoms with van der Waals surface area (Å²) in [5.41, 5.74) is 0.337. The second-order valence-electron chi connectivity index (χ2n) is 5.36. The minimum absolute atomic E-state index is 0.0364. The SMILES string of the molecule is C[C@@H]([NH2+]CC(=O)Nc1ccc([N+](=O)[O-])cc1Cl)c1ccc(F)cc1F. The average Bonchev–Trinajstić information content (AvgIpc) is 2.54. The van der Waals surface area contributed by atoms with Gasteiger partial charge in [-0.05, 0) is 25.1 Å². The maximum atomic E-state index is 13.7. The lowest BCUT2D eigenvalue weighted by Gasteiger charge is -2.12. The summed E-state index contributed by atoms with van der Waals surface area (Å²) in [5.74, 6) is -1.76. The maximum absolute atomic E-state index is 13.7. The van der Waals surface area contributed by atoms with Crippen LogP contribution in [0.1, 0.15) is 18.5 Å². The third-order valence-corrected chi connectivity index (χ3v) is 3.86. The van der Waals surface area contributed by atoms with Crippen LogP contribution in [0, 0.1) is 21.7 Å². The van der Waals surface area contributed by atoms with Gasteiger partial charge in [-0.1, -0.05) is 11.6 Å². The number of nitrogens with two attached hydrogens (primary N) is 1. The summed E-state index contributed by atoms with van der Waals surface area (Å²) in [5, 5.41) is 14.8. The molecular weight excluding hydrogens is 356 g/mol. The molecule has 2 aromatic rings. The van der Waals surface area contributed by atoms with E-state index >= 15 is 0 Å². The van der Waals surface area contributed by atoms with Gasteiger partial charge >= 0.3 is 0 Å². The van der Waals surface area contributed by atoms with Crippen molar-refractivity contribution in [3.05, 3.63) is 68.7 Å². The number of nitrogens with one attached hydrogen (secondary N) is 1. The van der Waals surface area contributed by atoms with E-state index in [4.69, 9.17) is 11.6 Å². The Morgan fingerprint density at radius 3 is 2.64 bits per heavy atom. The van der Waals surface area contributed by atoms with Crippen LogP contribution < -0.4 is 10.6 Å². The standard InChI is InChI=1S/C16H14ClF2N3O3/c1-9(12-4-2-10(18)6-14(12)19)20-8-16(23)21-15-5-3-11(22(24)25)7-13(15)17/h2-7,9,20H,8H2,1H3,(H,21,23)/p+1/t9-/m1/s1. The zero-order chi connectivity index (χ0) is 18.6. The van der Waals surface area contributed by atoms with E-state index in [-0.39, 0.29) is 28.5 Å². The molecular formula is C16H15ClF2N3O3+. The fourth-order valence-electron chi connectivity index (χ4n) is 2.20. The lowest BCUT2D eigenvalue weighted by Crippen LogP contribution is -2.86. The first kappa shape index (κ1) is 18.8. The van der Waals surface area contributed by atoms with Crippen LogP contribution in [-0.4, -0.2) is 17.4 Å². The zero-order valence-electron chi connectivity index (χ0n) is 13.1. The molecule has 25 heavy (non-hydrogen) atoms. The minimum Gasteiger partial charge on any atom is -0.332 e. The Morgan fingerprint density at radius 2 is 2.04 bits per heavy atom. The van der Waals surface area contributed by atoms with Crippen LogP contribution in [0.3, 0.4) is 0 Å². The highest BCUT2D eigenvalue weighted by Crippen LogP contribution is 2.26. The van der Waals surface area contributed by atoms with Crippen molar-refractivity contribution in [2.45, 2.75) is 13.0 Å². The topological polar surface area (TPSA) is 88.8 Å². The lowest BCUT2D eigenvalue weighted by molar-refractivity contribution is -0.682. The highest BCUT2D eigenvalue weighted by atomic mass is 35.5. The Morgan fingerprint density at radius 1 is 1.32 bits per heavy atom. The predicted octanol–water partition coefficient (Wildman–Crippen LogP) is 2.79. The second-order valence-corrected chi connectivity index (χ2v) is 5.77. The quantitative estimate of drug-likeness (QED) is 0.605. The smallest absolute Gasteiger partial charge is 0.279 e. The van der Waals surface area contributed by atoms with E-state index in [0.29, 0.717) is 0 Å². The Bertz CT molecular complexity index is 817. The third kappa shape index (κ3) is 4.94. The molecule has 0 aliphatic heterocycles. The van der Waals surface area contributed by atoms with Crippen molar-refractivity contribution in [2.75, 3.05) is 11.9 Å². The molecule has 0 aromatic heterocycles. The maximum Gasteiger partial charge on any atom is 0.279 e. The van der Waals surface area contributed by atoms with Gasteiger partial charge in [0.1, 0.15) is 17.7 Å². The first-order valence-electron chi connectivity index (χ1n) is 7.30. The van der Waals surface area contributed by atoms with Gasteiger partial charge in [-0.25, -0.2) is 8.78 Å². The van der Waals surface area contributed by atoms with Gasteiger partial charge in [-0.15, -0.1) is 0 Å². The van der Waals surface area contributed by atoms with E-state index < -0.39 is 28.5 Å². The van der Waals surface area contributed by atoms with Gasteiger partial charge in [0.05, 0.1) is 15.6 Å². The van der Waals surface area contributed by atoms with Gasteiger partial charge in [-0.3, -0.25) is 14.9 Å². The second kappa shape index (κ2) is 8.00. The molecule has 9 heteroatoms. The number of anilines is 1. The number of hydrogen-bond acceptors (Lipinski definition) is 3. The molecule has 2 aromatic carbocycles. The van der Waals surface area contributed by atoms with Crippen LogP contribution in [0.25, 0.3) is 0 Å². The summed E-state index contributed by atoms with van der Waals surface area (Å²) < 4.78 is 26.6. The van der Waals surface area contributed by atoms with Crippen LogP contribution in [-0.2, 0) is 4.79 Å². The number of nitrogens with zero attached hydrogens (tertiary/aromatic N) is 1. The first-order valence-corrected chi connectivity index (χ1v) is 7.68. The van der Waals surface area contributed by atoms with E-state index in [0.717, 1.165) is 18.2 Å². The Labute approximate surface area is 146 Å². The van der Waals surface area contributed by atoms with Gasteiger partial charge in [0.2, 0.25) is 0 Å². The number of rotatable bonds is 6. The molecule has 0 unspecified atom stereocenters. The van der Waals surface area contributed by atoms with Crippen molar-refractivity contribution in [1.29, 1.82) is 0 Å². The van der Waals surface area contributed by atoms with Gasteiger partial charge in [-0.2, -0.15) is 0 Å². The molecule has 0 saturated carbocycles. The number of benzene rings is 2. The van der Waals surface area contributed by atoms with Gasteiger partial charge < -0.3 is 10.6 Å². The Hall–Kier alpha value is -2.58. The van der Waals surface area contributed by atoms with Crippen LogP contribution in [0.5, 0.6) is 0 Å². The van der Waals surface area contributed by atoms with E-state index in [2.05, 4.69) is 5.32 Å². The number of nitro benzene ring substituents is 1. The van der Waals surface area contributed by atoms with E-state index in [9.17, 15) is 23.7 Å². The molecule has 0 aliphatic carbocycles. The van der Waals surface area contributed by atoms with E-state index in [1.807, 2.05) is 0 Å². The Kier molecular flexibility index (Phi) is 6.00. The normalized spacial score (nSPS) is 11.8. The Balaban J connectivity index is 1.95. The third-order valence-electron chi connectivity index (χ3n) is 3.55. The summed E-state index contributed by atoms with van der Waals surface area (Å²) in [7, 11) is 0. The monoisotopic (exact) mass is 370 g/mol. The van der Waals surface area contributed by atoms with Crippen molar-refractivity contribution in [2.24, 2.45) is 0 Å². The van der Waals surface area contributed by atoms with Gasteiger partial charge in [0.25, 0.3) is 11.6 Å². The van der Waals surface area contributed by atoms with Gasteiger partial charge in [0, 0.05) is 23.8 Å². The van der Waals surface area contributed by atoms with Crippen LogP contribution in [0.4, 0.5) is 20.2 Å². The van der Waals surface area contributed by atoms with Crippen LogP contribution in [0.15, 0.2) is 36.4 Å². The lowest BCUT2D eigenvalue weighted by atomic mass is 10.1. The fraction of sp³-hybridized carbons (Fsp3) is 0.188. The van der Waals surface area contributed by atoms with Crippen LogP contribution in [0.2, 0.25) is 5.02 Å². The average molecular weight is 371 g/mol. The number of nitro groups is 1. The minimum atomic E-state index is -0.678. The summed E-state index contributed by atoms with van der Waals surface area (Å²) in [6.07, 6.45) is 0. The molecule has 0 bridgehead atoms. The fourth-order valence-corrected chi connectivity index (χ4v) is 2.42. The molecule has 0 saturated heterocycles. The zero-order valence-corrected chi connectivity index (χ0v) is 13.9. The van der Waals surface area contributed by atoms with Crippen molar-refractivity contribution in [1.82, 2.24) is 0 Å². The molecule has 3 N–H and O–H groups in total. The van der Waals surface area contributed by atoms with Crippen molar-refractivity contribution in [3.63, 3.8) is 0 Å². The molecule has 2 rings (SSSR count). The van der Waals surface area contributed by atoms with Crippen molar-refractivity contribution < 1.29 is 23.8 Å². The summed E-state index contributed by atoms with van der Waals surface area (Å²) in [6.45, 7) is 1.65. The molecule has 6 nitrogen and oxygen atoms in total.